The van der Waals surface area contributed by atoms with Gasteiger partial charge >= 0.3 is 5.97 Å². The second-order valence-corrected chi connectivity index (χ2v) is 3.44. The Kier molecular flexibility index (Phi) is 4.28. The molecule has 0 spiro atoms. The van der Waals surface area contributed by atoms with Gasteiger partial charge in [0, 0.05) is 11.9 Å². The van der Waals surface area contributed by atoms with Gasteiger partial charge in [-0.1, -0.05) is 6.92 Å². The van der Waals surface area contributed by atoms with E-state index in [2.05, 4.69) is 4.98 Å². The zero-order chi connectivity index (χ0) is 11.3. The number of carbonyl (C=O) groups excluding carboxylic acids is 1. The Morgan fingerprint density at radius 1 is 1.53 bits per heavy atom. The average molecular weight is 207 g/mol. The summed E-state index contributed by atoms with van der Waals surface area (Å²) in [6, 6.07) is 3.81. The van der Waals surface area contributed by atoms with Crippen LogP contribution in [0.3, 0.4) is 0 Å². The summed E-state index contributed by atoms with van der Waals surface area (Å²) in [7, 11) is 0. The highest BCUT2D eigenvalue weighted by molar-refractivity contribution is 5.78. The molecule has 0 bridgehead atoms. The third kappa shape index (κ3) is 3.05. The third-order valence-corrected chi connectivity index (χ3v) is 2.30. The molecule has 1 atom stereocenters. The van der Waals surface area contributed by atoms with Crippen molar-refractivity contribution in [3.05, 3.63) is 29.6 Å². The first-order chi connectivity index (χ1) is 7.19. The average Bonchev–Trinajstić information content (AvgIpc) is 2.19. The van der Waals surface area contributed by atoms with Crippen molar-refractivity contribution in [3.8, 4) is 0 Å². The van der Waals surface area contributed by atoms with Crippen molar-refractivity contribution >= 4 is 5.97 Å². The van der Waals surface area contributed by atoms with Crippen LogP contribution >= 0.6 is 0 Å². The highest BCUT2D eigenvalue weighted by atomic mass is 16.5. The number of aromatic nitrogens is 1. The fourth-order valence-electron chi connectivity index (χ4n) is 1.57. The number of hydrogen-bond acceptors (Lipinski definition) is 3. The lowest BCUT2D eigenvalue weighted by atomic mass is 9.97. The van der Waals surface area contributed by atoms with Gasteiger partial charge in [0.1, 0.15) is 0 Å². The molecule has 3 nitrogen and oxygen atoms in total. The minimum atomic E-state index is -0.161. The normalized spacial score (nSPS) is 12.2. The van der Waals surface area contributed by atoms with Crippen LogP contribution in [0.2, 0.25) is 0 Å². The Morgan fingerprint density at radius 2 is 2.27 bits per heavy atom. The Bertz CT molecular complexity index is 336. The van der Waals surface area contributed by atoms with E-state index in [4.69, 9.17) is 4.74 Å². The molecule has 1 unspecified atom stereocenters. The van der Waals surface area contributed by atoms with Gasteiger partial charge in [0.25, 0.3) is 0 Å². The van der Waals surface area contributed by atoms with Gasteiger partial charge in [0.05, 0.1) is 12.5 Å². The van der Waals surface area contributed by atoms with E-state index < -0.39 is 0 Å². The predicted molar refractivity (Wildman–Crippen MR) is 58.6 cm³/mol. The Labute approximate surface area is 90.5 Å². The van der Waals surface area contributed by atoms with Crippen molar-refractivity contribution in [1.29, 1.82) is 0 Å². The highest BCUT2D eigenvalue weighted by Crippen LogP contribution is 2.21. The Hall–Kier alpha value is -1.38. The smallest absolute Gasteiger partial charge is 0.313 e. The molecule has 82 valence electrons. The first-order valence-electron chi connectivity index (χ1n) is 5.28. The Morgan fingerprint density at radius 3 is 2.80 bits per heavy atom. The van der Waals surface area contributed by atoms with E-state index in [1.807, 2.05) is 32.9 Å². The second kappa shape index (κ2) is 5.49. The fraction of sp³-hybridized carbons (Fsp3) is 0.500. The number of nitrogens with zero attached hydrogens (tertiary/aromatic N) is 1. The molecule has 0 amide bonds. The molecule has 0 aliphatic carbocycles. The molecule has 0 saturated carbocycles. The van der Waals surface area contributed by atoms with E-state index in [9.17, 15) is 4.79 Å². The van der Waals surface area contributed by atoms with Gasteiger partial charge in [-0.3, -0.25) is 9.78 Å². The number of aryl methyl sites for hydroxylation is 1. The molecule has 0 saturated heterocycles. The quantitative estimate of drug-likeness (QED) is 0.712. The van der Waals surface area contributed by atoms with Gasteiger partial charge in [-0.25, -0.2) is 0 Å². The zero-order valence-electron chi connectivity index (χ0n) is 9.49. The summed E-state index contributed by atoms with van der Waals surface area (Å²) in [6.07, 6.45) is 2.48. The maximum absolute atomic E-state index is 11.6. The maximum Gasteiger partial charge on any atom is 0.313 e. The van der Waals surface area contributed by atoms with Crippen molar-refractivity contribution in [1.82, 2.24) is 4.98 Å². The number of carbonyl (C=O) groups is 1. The van der Waals surface area contributed by atoms with Crippen LogP contribution in [0.4, 0.5) is 0 Å². The van der Waals surface area contributed by atoms with Gasteiger partial charge in [-0.15, -0.1) is 0 Å². The van der Waals surface area contributed by atoms with Gasteiger partial charge in [-0.05, 0) is 38.0 Å². The molecule has 0 aromatic carbocycles. The Balaban J connectivity index is 2.87. The predicted octanol–water partition coefficient (Wildman–Crippen LogP) is 2.45. The lowest BCUT2D eigenvalue weighted by Gasteiger charge is -2.13. The van der Waals surface area contributed by atoms with Crippen molar-refractivity contribution in [2.24, 2.45) is 0 Å². The summed E-state index contributed by atoms with van der Waals surface area (Å²) in [5.41, 5.74) is 1.92. The summed E-state index contributed by atoms with van der Waals surface area (Å²) < 4.78 is 5.03. The molecule has 0 aliphatic heterocycles. The van der Waals surface area contributed by atoms with Crippen molar-refractivity contribution in [2.75, 3.05) is 6.61 Å². The largest absolute Gasteiger partial charge is 0.466 e. The number of pyridine rings is 1. The van der Waals surface area contributed by atoms with Crippen LogP contribution in [0.1, 0.15) is 37.4 Å². The van der Waals surface area contributed by atoms with Crippen LogP contribution in [0.15, 0.2) is 18.3 Å². The van der Waals surface area contributed by atoms with Gasteiger partial charge in [0.15, 0.2) is 0 Å². The fourth-order valence-corrected chi connectivity index (χ4v) is 1.57. The molecule has 1 aromatic rings. The van der Waals surface area contributed by atoms with E-state index in [-0.39, 0.29) is 11.9 Å². The minimum Gasteiger partial charge on any atom is -0.466 e. The minimum absolute atomic E-state index is 0.148. The molecule has 0 radical (unpaired) electrons. The van der Waals surface area contributed by atoms with E-state index in [1.54, 1.807) is 6.20 Å². The van der Waals surface area contributed by atoms with Crippen LogP contribution in [-0.2, 0) is 9.53 Å². The molecular formula is C12H17NO2. The van der Waals surface area contributed by atoms with Crippen molar-refractivity contribution < 1.29 is 9.53 Å². The van der Waals surface area contributed by atoms with Crippen LogP contribution in [0, 0.1) is 6.92 Å². The molecular weight excluding hydrogens is 190 g/mol. The summed E-state index contributed by atoms with van der Waals surface area (Å²) in [5.74, 6) is -0.308. The topological polar surface area (TPSA) is 39.2 Å². The van der Waals surface area contributed by atoms with Crippen molar-refractivity contribution in [2.45, 2.75) is 33.1 Å². The van der Waals surface area contributed by atoms with Gasteiger partial charge < -0.3 is 4.74 Å². The zero-order valence-corrected chi connectivity index (χ0v) is 9.49. The van der Waals surface area contributed by atoms with Crippen LogP contribution in [0.25, 0.3) is 0 Å². The lowest BCUT2D eigenvalue weighted by Crippen LogP contribution is -2.15. The van der Waals surface area contributed by atoms with Crippen LogP contribution in [0.5, 0.6) is 0 Å². The standard InChI is InChI=1S/C12H17NO2/c1-4-11(12(14)15-5-2)10-6-7-13-9(3)8-10/h6-8,11H,4-5H2,1-3H3. The van der Waals surface area contributed by atoms with E-state index in [0.717, 1.165) is 17.7 Å². The lowest BCUT2D eigenvalue weighted by molar-refractivity contribution is -0.145. The maximum atomic E-state index is 11.6. The van der Waals surface area contributed by atoms with Crippen LogP contribution in [-0.4, -0.2) is 17.6 Å². The highest BCUT2D eigenvalue weighted by Gasteiger charge is 2.19. The SMILES string of the molecule is CCOC(=O)C(CC)c1ccnc(C)c1. The molecule has 3 heteroatoms. The summed E-state index contributed by atoms with van der Waals surface area (Å²) in [5, 5.41) is 0. The number of ether oxygens (including phenoxy) is 1. The van der Waals surface area contributed by atoms with Crippen molar-refractivity contribution in [3.63, 3.8) is 0 Å². The molecule has 0 fully saturated rings. The molecule has 0 aliphatic rings. The number of hydrogen-bond donors (Lipinski definition) is 0. The van der Waals surface area contributed by atoms with E-state index in [0.29, 0.717) is 6.61 Å². The molecule has 1 aromatic heterocycles. The third-order valence-electron chi connectivity index (χ3n) is 2.30. The van der Waals surface area contributed by atoms with Gasteiger partial charge in [0.2, 0.25) is 0 Å². The number of rotatable bonds is 4. The molecule has 1 rings (SSSR count). The van der Waals surface area contributed by atoms with E-state index in [1.165, 1.54) is 0 Å². The first kappa shape index (κ1) is 11.7. The van der Waals surface area contributed by atoms with E-state index >= 15 is 0 Å². The monoisotopic (exact) mass is 207 g/mol. The summed E-state index contributed by atoms with van der Waals surface area (Å²) in [4.78, 5) is 15.8. The second-order valence-electron chi connectivity index (χ2n) is 3.44. The molecule has 15 heavy (non-hydrogen) atoms. The summed E-state index contributed by atoms with van der Waals surface area (Å²) >= 11 is 0. The molecule has 0 N–H and O–H groups in total. The van der Waals surface area contributed by atoms with Crippen LogP contribution < -0.4 is 0 Å². The summed E-state index contributed by atoms with van der Waals surface area (Å²) in [6.45, 7) is 6.15. The first-order valence-corrected chi connectivity index (χ1v) is 5.28. The number of esters is 1. The molecule has 1 heterocycles. The van der Waals surface area contributed by atoms with Gasteiger partial charge in [-0.2, -0.15) is 0 Å².